The highest BCUT2D eigenvalue weighted by Gasteiger charge is 2.39. The van der Waals surface area contributed by atoms with Crippen molar-refractivity contribution < 1.29 is 9.53 Å². The fourth-order valence-electron chi connectivity index (χ4n) is 4.22. The molecule has 6 nitrogen and oxygen atoms in total. The monoisotopic (exact) mass is 420 g/mol. The van der Waals surface area contributed by atoms with Crippen LogP contribution in [0.2, 0.25) is 0 Å². The second kappa shape index (κ2) is 7.91. The molecule has 2 atom stereocenters. The van der Waals surface area contributed by atoms with E-state index < -0.39 is 0 Å². The van der Waals surface area contributed by atoms with E-state index in [1.54, 1.807) is 12.3 Å². The van der Waals surface area contributed by atoms with Crippen molar-refractivity contribution in [3.05, 3.63) is 82.9 Å². The Morgan fingerprint density at radius 3 is 2.67 bits per heavy atom. The van der Waals surface area contributed by atoms with Crippen molar-refractivity contribution >= 4 is 23.3 Å². The number of methoxy groups -OCH3 is 1. The van der Waals surface area contributed by atoms with E-state index in [1.165, 1.54) is 12.7 Å². The van der Waals surface area contributed by atoms with Gasteiger partial charge in [-0.3, -0.25) is 4.98 Å². The van der Waals surface area contributed by atoms with Crippen LogP contribution in [-0.4, -0.2) is 39.7 Å². The molecular formula is C23H24N4O2S. The van der Waals surface area contributed by atoms with Gasteiger partial charge in [-0.2, -0.15) is 0 Å². The Hall–Kier alpha value is -3.19. The van der Waals surface area contributed by atoms with Crippen molar-refractivity contribution in [3.8, 4) is 5.69 Å². The Kier molecular flexibility index (Phi) is 5.30. The molecular weight excluding hydrogens is 396 g/mol. The van der Waals surface area contributed by atoms with Gasteiger partial charge in [0, 0.05) is 30.3 Å². The lowest BCUT2D eigenvalue weighted by molar-refractivity contribution is 0.0600. The summed E-state index contributed by atoms with van der Waals surface area (Å²) in [5.41, 5.74) is 5.74. The number of aromatic nitrogens is 2. The highest BCUT2D eigenvalue weighted by molar-refractivity contribution is 7.80. The number of esters is 1. The van der Waals surface area contributed by atoms with Gasteiger partial charge in [-0.1, -0.05) is 12.1 Å². The third-order valence-corrected chi connectivity index (χ3v) is 6.06. The molecule has 1 saturated heterocycles. The average molecular weight is 421 g/mol. The van der Waals surface area contributed by atoms with Gasteiger partial charge in [0.05, 0.1) is 30.5 Å². The molecule has 3 heterocycles. The van der Waals surface area contributed by atoms with Crippen molar-refractivity contribution in [2.24, 2.45) is 0 Å². The van der Waals surface area contributed by atoms with Crippen molar-refractivity contribution in [1.82, 2.24) is 19.8 Å². The number of carbonyl (C=O) groups excluding carboxylic acids is 1. The number of ether oxygens (including phenoxy) is 1. The first kappa shape index (κ1) is 20.1. The summed E-state index contributed by atoms with van der Waals surface area (Å²) in [6.45, 7) is 4.16. The molecule has 4 rings (SSSR count). The summed E-state index contributed by atoms with van der Waals surface area (Å²) in [6.07, 6.45) is 1.80. The minimum absolute atomic E-state index is 0.0103. The Bertz CT molecular complexity index is 1110. The fraction of sp³-hybridized carbons (Fsp3) is 0.261. The molecule has 1 aliphatic heterocycles. The molecule has 30 heavy (non-hydrogen) atoms. The van der Waals surface area contributed by atoms with Gasteiger partial charge in [0.15, 0.2) is 5.11 Å². The number of nitrogens with zero attached hydrogens (tertiary/aromatic N) is 3. The number of likely N-dealkylation sites (N-methyl/N-ethyl adjacent to an activating group) is 1. The van der Waals surface area contributed by atoms with E-state index in [2.05, 4.69) is 39.7 Å². The zero-order chi connectivity index (χ0) is 21.4. The van der Waals surface area contributed by atoms with E-state index in [0.29, 0.717) is 10.7 Å². The predicted molar refractivity (Wildman–Crippen MR) is 120 cm³/mol. The first-order chi connectivity index (χ1) is 14.4. The molecule has 1 aliphatic rings. The quantitative estimate of drug-likeness (QED) is 0.511. The molecule has 0 saturated carbocycles. The van der Waals surface area contributed by atoms with E-state index in [1.807, 2.05) is 43.4 Å². The molecule has 1 fully saturated rings. The van der Waals surface area contributed by atoms with Crippen molar-refractivity contribution in [3.63, 3.8) is 0 Å². The van der Waals surface area contributed by atoms with E-state index in [0.717, 1.165) is 22.8 Å². The number of hydrogen-bond acceptors (Lipinski definition) is 4. The predicted octanol–water partition coefficient (Wildman–Crippen LogP) is 3.88. The minimum Gasteiger partial charge on any atom is -0.465 e. The molecule has 2 aromatic heterocycles. The van der Waals surface area contributed by atoms with Crippen LogP contribution in [-0.2, 0) is 4.74 Å². The minimum atomic E-state index is -0.347. The van der Waals surface area contributed by atoms with Crippen molar-refractivity contribution in [1.29, 1.82) is 0 Å². The second-order valence-electron chi connectivity index (χ2n) is 7.44. The second-order valence-corrected chi connectivity index (χ2v) is 7.83. The van der Waals surface area contributed by atoms with Crippen LogP contribution < -0.4 is 5.32 Å². The number of thiocarbonyl (C=S) groups is 1. The summed E-state index contributed by atoms with van der Waals surface area (Å²) in [4.78, 5) is 18.6. The van der Waals surface area contributed by atoms with E-state index in [4.69, 9.17) is 17.0 Å². The fourth-order valence-corrected chi connectivity index (χ4v) is 4.46. The molecule has 3 aromatic rings. The molecule has 0 unspecified atom stereocenters. The van der Waals surface area contributed by atoms with Gasteiger partial charge in [0.2, 0.25) is 0 Å². The Morgan fingerprint density at radius 2 is 1.97 bits per heavy atom. The number of carbonyl (C=O) groups is 1. The standard InChI is InChI=1S/C23H24N4O2S/c1-14-12-18(15(2)27(14)17-9-7-8-16(13-17)22(28)29-4)21-20(25-23(30)26(21)3)19-10-5-6-11-24-19/h5-13,20-21H,1-4H3,(H,25,30)/t20-,21-/m1/s1. The summed E-state index contributed by atoms with van der Waals surface area (Å²) < 4.78 is 7.04. The number of hydrogen-bond donors (Lipinski definition) is 1. The maximum atomic E-state index is 12.0. The lowest BCUT2D eigenvalue weighted by atomic mass is 9.97. The van der Waals surface area contributed by atoms with Gasteiger partial charge < -0.3 is 19.5 Å². The van der Waals surface area contributed by atoms with Crippen LogP contribution in [0.5, 0.6) is 0 Å². The molecule has 0 aliphatic carbocycles. The molecule has 0 radical (unpaired) electrons. The number of nitrogens with one attached hydrogen (secondary N) is 1. The maximum absolute atomic E-state index is 12.0. The highest BCUT2D eigenvalue weighted by atomic mass is 32.1. The number of aryl methyl sites for hydroxylation is 1. The lowest BCUT2D eigenvalue weighted by Crippen LogP contribution is -2.25. The lowest BCUT2D eigenvalue weighted by Gasteiger charge is -2.24. The van der Waals surface area contributed by atoms with Crippen LogP contribution >= 0.6 is 12.2 Å². The molecule has 0 amide bonds. The maximum Gasteiger partial charge on any atom is 0.337 e. The van der Waals surface area contributed by atoms with Crippen LogP contribution in [0, 0.1) is 13.8 Å². The molecule has 0 bridgehead atoms. The first-order valence-corrected chi connectivity index (χ1v) is 10.1. The zero-order valence-electron chi connectivity index (χ0n) is 17.4. The van der Waals surface area contributed by atoms with Gasteiger partial charge in [0.25, 0.3) is 0 Å². The summed E-state index contributed by atoms with van der Waals surface area (Å²) in [5, 5.41) is 4.12. The van der Waals surface area contributed by atoms with Crippen LogP contribution in [0.15, 0.2) is 54.7 Å². The number of pyridine rings is 1. The molecule has 154 valence electrons. The molecule has 1 N–H and O–H groups in total. The SMILES string of the molecule is COC(=O)c1cccc(-n2c(C)cc([C@@H]3[C@@H](c4ccccn4)NC(=S)N3C)c2C)c1. The molecule has 0 spiro atoms. The Morgan fingerprint density at radius 1 is 1.17 bits per heavy atom. The molecule has 7 heteroatoms. The van der Waals surface area contributed by atoms with E-state index in [9.17, 15) is 4.79 Å². The average Bonchev–Trinajstić information content (AvgIpc) is 3.22. The first-order valence-electron chi connectivity index (χ1n) is 9.74. The van der Waals surface area contributed by atoms with Crippen LogP contribution in [0.1, 0.15) is 45.1 Å². The Balaban J connectivity index is 1.80. The number of rotatable bonds is 4. The van der Waals surface area contributed by atoms with E-state index in [-0.39, 0.29) is 18.1 Å². The zero-order valence-corrected chi connectivity index (χ0v) is 18.2. The van der Waals surface area contributed by atoms with Crippen LogP contribution in [0.25, 0.3) is 5.69 Å². The third kappa shape index (κ3) is 3.35. The van der Waals surface area contributed by atoms with Crippen LogP contribution in [0.4, 0.5) is 0 Å². The van der Waals surface area contributed by atoms with Gasteiger partial charge in [0.1, 0.15) is 0 Å². The number of benzene rings is 1. The van der Waals surface area contributed by atoms with Gasteiger partial charge in [-0.25, -0.2) is 4.79 Å². The molecule has 1 aromatic carbocycles. The summed E-state index contributed by atoms with van der Waals surface area (Å²) in [5.74, 6) is -0.347. The van der Waals surface area contributed by atoms with Crippen molar-refractivity contribution in [2.75, 3.05) is 14.2 Å². The Labute approximate surface area is 181 Å². The van der Waals surface area contributed by atoms with Gasteiger partial charge in [-0.15, -0.1) is 0 Å². The third-order valence-electron chi connectivity index (χ3n) is 5.65. The summed E-state index contributed by atoms with van der Waals surface area (Å²) in [6, 6.07) is 15.6. The van der Waals surface area contributed by atoms with Crippen LogP contribution in [0.3, 0.4) is 0 Å². The van der Waals surface area contributed by atoms with E-state index >= 15 is 0 Å². The normalized spacial score (nSPS) is 18.4. The summed E-state index contributed by atoms with van der Waals surface area (Å²) in [7, 11) is 3.40. The topological polar surface area (TPSA) is 59.4 Å². The van der Waals surface area contributed by atoms with Gasteiger partial charge in [-0.05, 0) is 68.0 Å². The largest absolute Gasteiger partial charge is 0.465 e. The summed E-state index contributed by atoms with van der Waals surface area (Å²) >= 11 is 5.56. The highest BCUT2D eigenvalue weighted by Crippen LogP contribution is 2.40. The van der Waals surface area contributed by atoms with Crippen molar-refractivity contribution in [2.45, 2.75) is 25.9 Å². The van der Waals surface area contributed by atoms with Gasteiger partial charge >= 0.3 is 5.97 Å². The smallest absolute Gasteiger partial charge is 0.337 e.